The lowest BCUT2D eigenvalue weighted by Gasteiger charge is -2.26. The first kappa shape index (κ1) is 21.2. The maximum atomic E-state index is 13.4. The SMILES string of the molecule is Cc1ccccc1-c1nc(C(=O)N2CC=C(c3ccccc3)CC2)cn1-c1ccc(Cl)cc1. The predicted octanol–water partition coefficient (Wildman–Crippen LogP) is 6.43. The molecule has 2 heterocycles. The van der Waals surface area contributed by atoms with Crippen molar-refractivity contribution in [3.63, 3.8) is 0 Å². The minimum Gasteiger partial charge on any atom is -0.333 e. The largest absolute Gasteiger partial charge is 0.333 e. The Bertz CT molecular complexity index is 1320. The van der Waals surface area contributed by atoms with Gasteiger partial charge in [-0.1, -0.05) is 72.3 Å². The van der Waals surface area contributed by atoms with E-state index in [1.807, 2.05) is 76.3 Å². The zero-order valence-electron chi connectivity index (χ0n) is 18.4. The Morgan fingerprint density at radius 2 is 1.67 bits per heavy atom. The van der Waals surface area contributed by atoms with E-state index < -0.39 is 0 Å². The number of hydrogen-bond donors (Lipinski definition) is 0. The third kappa shape index (κ3) is 4.35. The van der Waals surface area contributed by atoms with E-state index in [9.17, 15) is 4.79 Å². The van der Waals surface area contributed by atoms with Crippen molar-refractivity contribution in [2.45, 2.75) is 13.3 Å². The fourth-order valence-electron chi connectivity index (χ4n) is 4.23. The van der Waals surface area contributed by atoms with E-state index in [1.54, 1.807) is 0 Å². The molecule has 4 aromatic rings. The van der Waals surface area contributed by atoms with Gasteiger partial charge in [0.2, 0.25) is 0 Å². The Morgan fingerprint density at radius 3 is 2.36 bits per heavy atom. The second-order valence-corrected chi connectivity index (χ2v) is 8.64. The van der Waals surface area contributed by atoms with Gasteiger partial charge in [0.25, 0.3) is 5.91 Å². The number of aryl methyl sites for hydroxylation is 1. The maximum Gasteiger partial charge on any atom is 0.274 e. The van der Waals surface area contributed by atoms with E-state index in [1.165, 1.54) is 11.1 Å². The van der Waals surface area contributed by atoms with Gasteiger partial charge in [-0.15, -0.1) is 0 Å². The summed E-state index contributed by atoms with van der Waals surface area (Å²) in [6, 6.07) is 26.0. The van der Waals surface area contributed by atoms with Crippen molar-refractivity contribution in [3.05, 3.63) is 113 Å². The summed E-state index contributed by atoms with van der Waals surface area (Å²) in [7, 11) is 0. The molecule has 1 amide bonds. The van der Waals surface area contributed by atoms with E-state index in [-0.39, 0.29) is 5.91 Å². The maximum absolute atomic E-state index is 13.4. The summed E-state index contributed by atoms with van der Waals surface area (Å²) >= 11 is 6.10. The number of halogens is 1. The number of benzene rings is 3. The van der Waals surface area contributed by atoms with Crippen molar-refractivity contribution in [2.24, 2.45) is 0 Å². The van der Waals surface area contributed by atoms with Crippen LogP contribution in [0.15, 0.2) is 91.1 Å². The van der Waals surface area contributed by atoms with Crippen LogP contribution in [0, 0.1) is 6.92 Å². The molecule has 5 heteroatoms. The van der Waals surface area contributed by atoms with Gasteiger partial charge in [0.05, 0.1) is 0 Å². The highest BCUT2D eigenvalue weighted by molar-refractivity contribution is 6.30. The molecule has 1 aromatic heterocycles. The summed E-state index contributed by atoms with van der Waals surface area (Å²) < 4.78 is 1.97. The van der Waals surface area contributed by atoms with Crippen LogP contribution in [0.1, 0.15) is 28.0 Å². The molecule has 164 valence electrons. The van der Waals surface area contributed by atoms with Gasteiger partial charge in [-0.2, -0.15) is 0 Å². The van der Waals surface area contributed by atoms with Gasteiger partial charge in [0.15, 0.2) is 0 Å². The summed E-state index contributed by atoms with van der Waals surface area (Å²) in [5, 5.41) is 0.668. The predicted molar refractivity (Wildman–Crippen MR) is 134 cm³/mol. The molecule has 3 aromatic carbocycles. The molecule has 0 bridgehead atoms. The molecule has 1 aliphatic heterocycles. The highest BCUT2D eigenvalue weighted by Crippen LogP contribution is 2.28. The van der Waals surface area contributed by atoms with Gasteiger partial charge in [0.1, 0.15) is 11.5 Å². The van der Waals surface area contributed by atoms with Crippen molar-refractivity contribution in [1.29, 1.82) is 0 Å². The number of amides is 1. The van der Waals surface area contributed by atoms with Gasteiger partial charge in [-0.3, -0.25) is 9.36 Å². The summed E-state index contributed by atoms with van der Waals surface area (Å²) in [5.41, 5.74) is 5.96. The highest BCUT2D eigenvalue weighted by Gasteiger charge is 2.24. The van der Waals surface area contributed by atoms with Crippen LogP contribution in [-0.2, 0) is 0 Å². The zero-order valence-corrected chi connectivity index (χ0v) is 19.2. The summed E-state index contributed by atoms with van der Waals surface area (Å²) in [4.78, 5) is 20.1. The lowest BCUT2D eigenvalue weighted by molar-refractivity contribution is 0.0767. The van der Waals surface area contributed by atoms with Crippen molar-refractivity contribution < 1.29 is 4.79 Å². The molecule has 0 unspecified atom stereocenters. The molecule has 0 saturated carbocycles. The number of imidazole rings is 1. The average Bonchev–Trinajstić information content (AvgIpc) is 3.30. The smallest absolute Gasteiger partial charge is 0.274 e. The number of carbonyl (C=O) groups excluding carboxylic acids is 1. The van der Waals surface area contributed by atoms with Gasteiger partial charge >= 0.3 is 0 Å². The topological polar surface area (TPSA) is 38.1 Å². The number of rotatable bonds is 4. The summed E-state index contributed by atoms with van der Waals surface area (Å²) in [6.07, 6.45) is 4.82. The van der Waals surface area contributed by atoms with Crippen LogP contribution in [-0.4, -0.2) is 33.4 Å². The number of hydrogen-bond acceptors (Lipinski definition) is 2. The monoisotopic (exact) mass is 453 g/mol. The zero-order chi connectivity index (χ0) is 22.8. The molecule has 0 aliphatic carbocycles. The van der Waals surface area contributed by atoms with Crippen LogP contribution in [0.5, 0.6) is 0 Å². The van der Waals surface area contributed by atoms with Gasteiger partial charge in [-0.25, -0.2) is 4.98 Å². The van der Waals surface area contributed by atoms with Crippen molar-refractivity contribution in [3.8, 4) is 17.1 Å². The highest BCUT2D eigenvalue weighted by atomic mass is 35.5. The van der Waals surface area contributed by atoms with E-state index in [2.05, 4.69) is 31.2 Å². The van der Waals surface area contributed by atoms with Crippen LogP contribution >= 0.6 is 11.6 Å². The Kier molecular flexibility index (Phi) is 5.84. The molecule has 0 radical (unpaired) electrons. The van der Waals surface area contributed by atoms with Crippen molar-refractivity contribution >= 4 is 23.1 Å². The Balaban J connectivity index is 1.48. The minimum atomic E-state index is -0.0547. The van der Waals surface area contributed by atoms with Crippen LogP contribution in [0.2, 0.25) is 5.02 Å². The van der Waals surface area contributed by atoms with Gasteiger partial charge in [-0.05, 0) is 54.3 Å². The molecule has 4 nitrogen and oxygen atoms in total. The molecule has 0 N–H and O–H groups in total. The molecule has 33 heavy (non-hydrogen) atoms. The quantitative estimate of drug-likeness (QED) is 0.357. The average molecular weight is 454 g/mol. The van der Waals surface area contributed by atoms with E-state index in [0.29, 0.717) is 23.8 Å². The normalized spacial score (nSPS) is 13.6. The lowest BCUT2D eigenvalue weighted by Crippen LogP contribution is -2.34. The van der Waals surface area contributed by atoms with Crippen LogP contribution in [0.25, 0.3) is 22.6 Å². The summed E-state index contributed by atoms with van der Waals surface area (Å²) in [6.45, 7) is 3.31. The lowest BCUT2D eigenvalue weighted by atomic mass is 9.99. The molecule has 0 spiro atoms. The first-order chi connectivity index (χ1) is 16.1. The summed E-state index contributed by atoms with van der Waals surface area (Å²) in [5.74, 6) is 0.692. The number of nitrogens with zero attached hydrogens (tertiary/aromatic N) is 3. The third-order valence-electron chi connectivity index (χ3n) is 6.06. The Morgan fingerprint density at radius 1 is 0.939 bits per heavy atom. The van der Waals surface area contributed by atoms with Crippen molar-refractivity contribution in [2.75, 3.05) is 13.1 Å². The van der Waals surface area contributed by atoms with E-state index >= 15 is 0 Å². The van der Waals surface area contributed by atoms with Crippen LogP contribution in [0.4, 0.5) is 0 Å². The third-order valence-corrected chi connectivity index (χ3v) is 6.31. The van der Waals surface area contributed by atoms with E-state index in [0.717, 1.165) is 29.1 Å². The Hall–Kier alpha value is -3.63. The molecule has 1 aliphatic rings. The molecular weight excluding hydrogens is 430 g/mol. The van der Waals surface area contributed by atoms with Crippen molar-refractivity contribution in [1.82, 2.24) is 14.5 Å². The second-order valence-electron chi connectivity index (χ2n) is 8.21. The second kappa shape index (κ2) is 9.08. The molecule has 0 atom stereocenters. The van der Waals surface area contributed by atoms with Crippen LogP contribution < -0.4 is 0 Å². The van der Waals surface area contributed by atoms with Crippen LogP contribution in [0.3, 0.4) is 0 Å². The fourth-order valence-corrected chi connectivity index (χ4v) is 4.35. The molecule has 0 saturated heterocycles. The minimum absolute atomic E-state index is 0.0547. The standard InChI is InChI=1S/C28H24ClN3O/c1-20-7-5-6-10-25(20)27-30-26(19-32(27)24-13-11-23(29)12-14-24)28(33)31-17-15-22(16-18-31)21-8-3-2-4-9-21/h2-15,19H,16-18H2,1H3. The molecule has 0 fully saturated rings. The number of carbonyl (C=O) groups is 1. The first-order valence-corrected chi connectivity index (χ1v) is 11.4. The van der Waals surface area contributed by atoms with E-state index in [4.69, 9.17) is 16.6 Å². The fraction of sp³-hybridized carbons (Fsp3) is 0.143. The molecule has 5 rings (SSSR count). The Labute approximate surface area is 198 Å². The first-order valence-electron chi connectivity index (χ1n) is 11.1. The van der Waals surface area contributed by atoms with Gasteiger partial charge in [0, 0.05) is 35.6 Å². The molecular formula is C28H24ClN3O. The number of aromatic nitrogens is 2. The van der Waals surface area contributed by atoms with Gasteiger partial charge < -0.3 is 4.90 Å².